The molecular weight excluding hydrogens is 302 g/mol. The van der Waals surface area contributed by atoms with Gasteiger partial charge in [0.2, 0.25) is 0 Å². The van der Waals surface area contributed by atoms with Gasteiger partial charge >= 0.3 is 0 Å². The normalized spacial score (nSPS) is 29.4. The molecule has 0 aromatic rings. The largest absolute Gasteiger partial charge is 0.303 e. The van der Waals surface area contributed by atoms with Gasteiger partial charge in [-0.1, -0.05) is 36.5 Å². The first kappa shape index (κ1) is 19.0. The number of nitrogens with zero attached hydrogens (tertiary/aromatic N) is 1. The molecule has 0 aromatic carbocycles. The molecule has 0 N–H and O–H groups in total. The van der Waals surface area contributed by atoms with E-state index in [9.17, 15) is 0 Å². The minimum Gasteiger partial charge on any atom is -0.303 e. The maximum Gasteiger partial charge on any atom is -0.00160 e. The smallest absolute Gasteiger partial charge is 0.00160 e. The SMILES string of the molecule is C1=CCC(CCN(CCC2CC=CCC2)CCC2CC=CCC2)CC1. The second-order valence-corrected chi connectivity index (χ2v) is 8.66. The average Bonchev–Trinajstić information content (AvgIpc) is 2.70. The summed E-state index contributed by atoms with van der Waals surface area (Å²) in [5.74, 6) is 2.84. The molecule has 0 aliphatic heterocycles. The lowest BCUT2D eigenvalue weighted by Gasteiger charge is -2.29. The summed E-state index contributed by atoms with van der Waals surface area (Å²) in [7, 11) is 0. The van der Waals surface area contributed by atoms with Crippen LogP contribution in [0.5, 0.6) is 0 Å². The van der Waals surface area contributed by atoms with Crippen LogP contribution in [-0.2, 0) is 0 Å². The number of hydrogen-bond acceptors (Lipinski definition) is 1. The van der Waals surface area contributed by atoms with E-state index in [2.05, 4.69) is 41.4 Å². The third-order valence-electron chi connectivity index (χ3n) is 6.69. The standard InChI is InChI=1S/C24H39N/c1-4-10-22(11-5-1)16-19-25(20-17-23-12-6-2-7-13-23)21-18-24-14-8-3-9-15-24/h1-4,6,8,22-24H,5,7,9-21H2. The highest BCUT2D eigenvalue weighted by Crippen LogP contribution is 2.26. The number of allylic oxidation sites excluding steroid dienone is 6. The Balaban J connectivity index is 1.42. The summed E-state index contributed by atoms with van der Waals surface area (Å²) in [5, 5.41) is 0. The van der Waals surface area contributed by atoms with Crippen molar-refractivity contribution in [3.63, 3.8) is 0 Å². The van der Waals surface area contributed by atoms with Gasteiger partial charge in [0.1, 0.15) is 0 Å². The predicted molar refractivity (Wildman–Crippen MR) is 110 cm³/mol. The van der Waals surface area contributed by atoms with Crippen LogP contribution < -0.4 is 0 Å². The third kappa shape index (κ3) is 7.13. The van der Waals surface area contributed by atoms with Crippen LogP contribution in [0, 0.1) is 17.8 Å². The molecule has 0 saturated heterocycles. The Morgan fingerprint density at radius 2 is 0.880 bits per heavy atom. The fourth-order valence-corrected chi connectivity index (χ4v) is 4.79. The first-order chi connectivity index (χ1) is 12.4. The molecule has 25 heavy (non-hydrogen) atoms. The van der Waals surface area contributed by atoms with Gasteiger partial charge in [-0.15, -0.1) is 0 Å². The molecule has 1 heteroatoms. The number of rotatable bonds is 9. The summed E-state index contributed by atoms with van der Waals surface area (Å²) in [5.41, 5.74) is 0. The molecule has 0 radical (unpaired) electrons. The van der Waals surface area contributed by atoms with Crippen molar-refractivity contribution in [1.82, 2.24) is 4.90 Å². The Bertz CT molecular complexity index is 380. The third-order valence-corrected chi connectivity index (χ3v) is 6.69. The number of hydrogen-bond donors (Lipinski definition) is 0. The van der Waals surface area contributed by atoms with Crippen LogP contribution in [0.3, 0.4) is 0 Å². The molecule has 0 amide bonds. The molecule has 0 aromatic heterocycles. The van der Waals surface area contributed by atoms with Crippen LogP contribution in [0.4, 0.5) is 0 Å². The second kappa shape index (κ2) is 11.0. The Kier molecular flexibility index (Phi) is 8.35. The van der Waals surface area contributed by atoms with Crippen LogP contribution >= 0.6 is 0 Å². The molecule has 0 saturated carbocycles. The zero-order valence-electron chi connectivity index (χ0n) is 16.2. The Hall–Kier alpha value is -0.820. The summed E-state index contributed by atoms with van der Waals surface area (Å²) in [6.45, 7) is 4.01. The summed E-state index contributed by atoms with van der Waals surface area (Å²) in [4.78, 5) is 2.83. The molecule has 1 nitrogen and oxygen atoms in total. The maximum absolute atomic E-state index is 2.83. The first-order valence-corrected chi connectivity index (χ1v) is 11.1. The van der Waals surface area contributed by atoms with Crippen molar-refractivity contribution in [1.29, 1.82) is 0 Å². The molecule has 3 unspecified atom stereocenters. The molecular formula is C24H39N. The molecule has 0 bridgehead atoms. The van der Waals surface area contributed by atoms with Gasteiger partial charge in [0.05, 0.1) is 0 Å². The molecule has 0 fully saturated rings. The minimum absolute atomic E-state index is 0.947. The monoisotopic (exact) mass is 341 g/mol. The van der Waals surface area contributed by atoms with Crippen LogP contribution in [0.25, 0.3) is 0 Å². The lowest BCUT2D eigenvalue weighted by molar-refractivity contribution is 0.209. The van der Waals surface area contributed by atoms with Gasteiger partial charge in [0, 0.05) is 0 Å². The average molecular weight is 342 g/mol. The van der Waals surface area contributed by atoms with Gasteiger partial charge in [-0.2, -0.15) is 0 Å². The van der Waals surface area contributed by atoms with E-state index in [4.69, 9.17) is 0 Å². The first-order valence-electron chi connectivity index (χ1n) is 11.1. The molecule has 0 spiro atoms. The van der Waals surface area contributed by atoms with Gasteiger partial charge in [0.15, 0.2) is 0 Å². The van der Waals surface area contributed by atoms with Crippen molar-refractivity contribution >= 4 is 0 Å². The topological polar surface area (TPSA) is 3.24 Å². The van der Waals surface area contributed by atoms with Crippen molar-refractivity contribution in [2.24, 2.45) is 17.8 Å². The predicted octanol–water partition coefficient (Wildman–Crippen LogP) is 6.53. The summed E-state index contributed by atoms with van der Waals surface area (Å²) in [6, 6.07) is 0. The van der Waals surface area contributed by atoms with E-state index in [1.165, 1.54) is 96.7 Å². The van der Waals surface area contributed by atoms with Gasteiger partial charge < -0.3 is 4.90 Å². The maximum atomic E-state index is 2.83. The molecule has 140 valence electrons. The van der Waals surface area contributed by atoms with Gasteiger partial charge in [-0.25, -0.2) is 0 Å². The Morgan fingerprint density at radius 3 is 1.16 bits per heavy atom. The molecule has 3 atom stereocenters. The van der Waals surface area contributed by atoms with Crippen molar-refractivity contribution in [3.05, 3.63) is 36.5 Å². The quantitative estimate of drug-likeness (QED) is 0.431. The van der Waals surface area contributed by atoms with E-state index in [0.717, 1.165) is 17.8 Å². The summed E-state index contributed by atoms with van der Waals surface area (Å²) in [6.07, 6.45) is 30.8. The zero-order chi connectivity index (χ0) is 17.2. The second-order valence-electron chi connectivity index (χ2n) is 8.66. The molecule has 3 aliphatic rings. The van der Waals surface area contributed by atoms with E-state index in [0.29, 0.717) is 0 Å². The van der Waals surface area contributed by atoms with Crippen LogP contribution in [0.2, 0.25) is 0 Å². The zero-order valence-corrected chi connectivity index (χ0v) is 16.2. The van der Waals surface area contributed by atoms with E-state index >= 15 is 0 Å². The summed E-state index contributed by atoms with van der Waals surface area (Å²) >= 11 is 0. The molecule has 3 rings (SSSR count). The van der Waals surface area contributed by atoms with Crippen LogP contribution in [-0.4, -0.2) is 24.5 Å². The van der Waals surface area contributed by atoms with E-state index in [-0.39, 0.29) is 0 Å². The van der Waals surface area contributed by atoms with Crippen LogP contribution in [0.1, 0.15) is 77.0 Å². The minimum atomic E-state index is 0.947. The Labute approximate surface area is 156 Å². The van der Waals surface area contributed by atoms with Crippen molar-refractivity contribution in [3.8, 4) is 0 Å². The molecule has 3 aliphatic carbocycles. The summed E-state index contributed by atoms with van der Waals surface area (Å²) < 4.78 is 0. The van der Waals surface area contributed by atoms with Crippen molar-refractivity contribution in [2.75, 3.05) is 19.6 Å². The Morgan fingerprint density at radius 1 is 0.520 bits per heavy atom. The van der Waals surface area contributed by atoms with Crippen molar-refractivity contribution in [2.45, 2.75) is 77.0 Å². The van der Waals surface area contributed by atoms with E-state index in [1.807, 2.05) is 0 Å². The van der Waals surface area contributed by atoms with Gasteiger partial charge in [0.25, 0.3) is 0 Å². The van der Waals surface area contributed by atoms with Crippen molar-refractivity contribution < 1.29 is 0 Å². The fraction of sp³-hybridized carbons (Fsp3) is 0.750. The highest BCUT2D eigenvalue weighted by Gasteiger charge is 2.17. The fourth-order valence-electron chi connectivity index (χ4n) is 4.79. The lowest BCUT2D eigenvalue weighted by atomic mass is 9.89. The highest BCUT2D eigenvalue weighted by atomic mass is 15.1. The lowest BCUT2D eigenvalue weighted by Crippen LogP contribution is -2.31. The van der Waals surface area contributed by atoms with Crippen LogP contribution in [0.15, 0.2) is 36.5 Å². The molecule has 0 heterocycles. The van der Waals surface area contributed by atoms with Gasteiger partial charge in [-0.05, 0) is 114 Å². The highest BCUT2D eigenvalue weighted by molar-refractivity contribution is 4.92. The van der Waals surface area contributed by atoms with E-state index < -0.39 is 0 Å². The van der Waals surface area contributed by atoms with Gasteiger partial charge in [-0.3, -0.25) is 0 Å². The van der Waals surface area contributed by atoms with E-state index in [1.54, 1.807) is 0 Å².